The van der Waals surface area contributed by atoms with Crippen molar-refractivity contribution in [1.82, 2.24) is 10.6 Å². The van der Waals surface area contributed by atoms with E-state index in [1.807, 2.05) is 19.1 Å². The van der Waals surface area contributed by atoms with E-state index in [1.165, 1.54) is 12.8 Å². The molecule has 1 unspecified atom stereocenters. The van der Waals surface area contributed by atoms with Crippen LogP contribution in [-0.2, 0) is 11.2 Å². The van der Waals surface area contributed by atoms with Gasteiger partial charge in [-0.25, -0.2) is 4.99 Å². The molecule has 1 aliphatic carbocycles. The van der Waals surface area contributed by atoms with Crippen molar-refractivity contribution in [3.05, 3.63) is 36.3 Å². The topological polar surface area (TPSA) is 58.8 Å². The van der Waals surface area contributed by atoms with Crippen molar-refractivity contribution < 1.29 is 9.15 Å². The van der Waals surface area contributed by atoms with Crippen LogP contribution in [0.15, 0.2) is 40.0 Å². The van der Waals surface area contributed by atoms with Crippen LogP contribution in [0.3, 0.4) is 0 Å². The molecule has 1 atom stereocenters. The zero-order chi connectivity index (χ0) is 15.8. The SMILES string of the molecule is C=C(C)CN=C(NCCc1ccco1)NC(COC)C1CC1.I. The van der Waals surface area contributed by atoms with Crippen LogP contribution in [0, 0.1) is 5.92 Å². The molecule has 2 N–H and O–H groups in total. The second-order valence-corrected chi connectivity index (χ2v) is 5.92. The molecule has 0 spiro atoms. The number of ether oxygens (including phenoxy) is 1. The molecule has 0 amide bonds. The number of halogens is 1. The molecular weight excluding hydrogens is 405 g/mol. The molecule has 0 aliphatic heterocycles. The van der Waals surface area contributed by atoms with E-state index in [9.17, 15) is 0 Å². The third kappa shape index (κ3) is 7.87. The van der Waals surface area contributed by atoms with Gasteiger partial charge in [0.2, 0.25) is 0 Å². The second-order valence-electron chi connectivity index (χ2n) is 5.92. The molecule has 130 valence electrons. The lowest BCUT2D eigenvalue weighted by Crippen LogP contribution is -2.47. The van der Waals surface area contributed by atoms with Crippen LogP contribution in [0.1, 0.15) is 25.5 Å². The Hall–Kier alpha value is -1.02. The maximum atomic E-state index is 5.35. The fourth-order valence-electron chi connectivity index (χ4n) is 2.27. The normalized spacial score (nSPS) is 15.7. The highest BCUT2D eigenvalue weighted by atomic mass is 127. The summed E-state index contributed by atoms with van der Waals surface area (Å²) in [6.07, 6.45) is 5.06. The number of guanidine groups is 1. The number of aliphatic imine (C=N–C) groups is 1. The van der Waals surface area contributed by atoms with E-state index in [0.717, 1.165) is 30.3 Å². The van der Waals surface area contributed by atoms with Gasteiger partial charge in [-0.05, 0) is 37.8 Å². The highest BCUT2D eigenvalue weighted by molar-refractivity contribution is 14.0. The predicted octanol–water partition coefficient (Wildman–Crippen LogP) is 2.98. The summed E-state index contributed by atoms with van der Waals surface area (Å²) in [5.41, 5.74) is 1.04. The fourth-order valence-corrected chi connectivity index (χ4v) is 2.27. The van der Waals surface area contributed by atoms with Gasteiger partial charge < -0.3 is 19.8 Å². The van der Waals surface area contributed by atoms with Gasteiger partial charge in [-0.15, -0.1) is 24.0 Å². The lowest BCUT2D eigenvalue weighted by atomic mass is 10.2. The lowest BCUT2D eigenvalue weighted by Gasteiger charge is -2.21. The maximum Gasteiger partial charge on any atom is 0.191 e. The van der Waals surface area contributed by atoms with Gasteiger partial charge in [0.15, 0.2) is 5.96 Å². The van der Waals surface area contributed by atoms with E-state index >= 15 is 0 Å². The van der Waals surface area contributed by atoms with Crippen molar-refractivity contribution in [1.29, 1.82) is 0 Å². The summed E-state index contributed by atoms with van der Waals surface area (Å²) in [6, 6.07) is 4.22. The van der Waals surface area contributed by atoms with E-state index < -0.39 is 0 Å². The third-order valence-corrected chi connectivity index (χ3v) is 3.61. The van der Waals surface area contributed by atoms with Crippen LogP contribution < -0.4 is 10.6 Å². The molecule has 0 radical (unpaired) electrons. The summed E-state index contributed by atoms with van der Waals surface area (Å²) < 4.78 is 10.7. The summed E-state index contributed by atoms with van der Waals surface area (Å²) in [5.74, 6) is 2.49. The molecule has 1 fully saturated rings. The number of rotatable bonds is 9. The van der Waals surface area contributed by atoms with Gasteiger partial charge in [-0.2, -0.15) is 0 Å². The summed E-state index contributed by atoms with van der Waals surface area (Å²) in [6.45, 7) is 8.00. The predicted molar refractivity (Wildman–Crippen MR) is 104 cm³/mol. The molecule has 0 bridgehead atoms. The zero-order valence-electron chi connectivity index (χ0n) is 14.0. The lowest BCUT2D eigenvalue weighted by molar-refractivity contribution is 0.165. The highest BCUT2D eigenvalue weighted by Gasteiger charge is 2.31. The van der Waals surface area contributed by atoms with Crippen LogP contribution in [-0.4, -0.2) is 38.8 Å². The number of nitrogens with one attached hydrogen (secondary N) is 2. The van der Waals surface area contributed by atoms with Crippen LogP contribution in [0.2, 0.25) is 0 Å². The van der Waals surface area contributed by atoms with Crippen molar-refractivity contribution in [2.45, 2.75) is 32.2 Å². The van der Waals surface area contributed by atoms with E-state index in [2.05, 4.69) is 22.2 Å². The molecule has 0 saturated heterocycles. The molecule has 1 saturated carbocycles. The van der Waals surface area contributed by atoms with Gasteiger partial charge in [0.1, 0.15) is 5.76 Å². The van der Waals surface area contributed by atoms with E-state index in [4.69, 9.17) is 9.15 Å². The van der Waals surface area contributed by atoms with E-state index in [-0.39, 0.29) is 24.0 Å². The summed E-state index contributed by atoms with van der Waals surface area (Å²) in [5, 5.41) is 6.86. The summed E-state index contributed by atoms with van der Waals surface area (Å²) >= 11 is 0. The zero-order valence-corrected chi connectivity index (χ0v) is 16.3. The Morgan fingerprint density at radius 3 is 2.87 bits per heavy atom. The van der Waals surface area contributed by atoms with Crippen LogP contribution in [0.5, 0.6) is 0 Å². The first-order valence-electron chi connectivity index (χ1n) is 7.89. The third-order valence-electron chi connectivity index (χ3n) is 3.61. The Bertz CT molecular complexity index is 484. The van der Waals surface area contributed by atoms with Gasteiger partial charge in [-0.3, -0.25) is 0 Å². The number of hydrogen-bond acceptors (Lipinski definition) is 3. The number of furan rings is 1. The van der Waals surface area contributed by atoms with Gasteiger partial charge in [-0.1, -0.05) is 12.2 Å². The smallest absolute Gasteiger partial charge is 0.191 e. The summed E-state index contributed by atoms with van der Waals surface area (Å²) in [4.78, 5) is 4.58. The molecule has 1 aromatic heterocycles. The molecule has 1 aromatic rings. The second kappa shape index (κ2) is 10.7. The van der Waals surface area contributed by atoms with Crippen LogP contribution >= 0.6 is 24.0 Å². The Kier molecular flexibility index (Phi) is 9.31. The van der Waals surface area contributed by atoms with Gasteiger partial charge in [0, 0.05) is 20.1 Å². The first-order chi connectivity index (χ1) is 10.7. The Balaban J connectivity index is 0.00000264. The molecule has 1 heterocycles. The molecule has 2 rings (SSSR count). The summed E-state index contributed by atoms with van der Waals surface area (Å²) in [7, 11) is 1.74. The van der Waals surface area contributed by atoms with Crippen LogP contribution in [0.4, 0.5) is 0 Å². The van der Waals surface area contributed by atoms with Crippen molar-refractivity contribution >= 4 is 29.9 Å². The minimum Gasteiger partial charge on any atom is -0.469 e. The minimum absolute atomic E-state index is 0. The molecular formula is C17H28IN3O2. The van der Waals surface area contributed by atoms with Crippen LogP contribution in [0.25, 0.3) is 0 Å². The van der Waals surface area contributed by atoms with Gasteiger partial charge in [0.05, 0.1) is 25.5 Å². The molecule has 5 nitrogen and oxygen atoms in total. The maximum absolute atomic E-state index is 5.35. The number of hydrogen-bond donors (Lipinski definition) is 2. The average molecular weight is 433 g/mol. The van der Waals surface area contributed by atoms with E-state index in [0.29, 0.717) is 25.1 Å². The Morgan fingerprint density at radius 2 is 2.30 bits per heavy atom. The molecule has 0 aromatic carbocycles. The van der Waals surface area contributed by atoms with Gasteiger partial charge >= 0.3 is 0 Å². The fraction of sp³-hybridized carbons (Fsp3) is 0.588. The largest absolute Gasteiger partial charge is 0.469 e. The first-order valence-corrected chi connectivity index (χ1v) is 7.89. The minimum atomic E-state index is 0. The Labute approximate surface area is 156 Å². The molecule has 1 aliphatic rings. The number of nitrogens with zero attached hydrogens (tertiary/aromatic N) is 1. The first kappa shape index (κ1) is 20.0. The quantitative estimate of drug-likeness (QED) is 0.272. The van der Waals surface area contributed by atoms with Crippen molar-refractivity contribution in [2.24, 2.45) is 10.9 Å². The monoisotopic (exact) mass is 433 g/mol. The highest BCUT2D eigenvalue weighted by Crippen LogP contribution is 2.32. The average Bonchev–Trinajstić information content (AvgIpc) is 3.21. The Morgan fingerprint density at radius 1 is 1.52 bits per heavy atom. The van der Waals surface area contributed by atoms with Crippen molar-refractivity contribution in [3.63, 3.8) is 0 Å². The number of methoxy groups -OCH3 is 1. The van der Waals surface area contributed by atoms with Gasteiger partial charge in [0.25, 0.3) is 0 Å². The molecule has 6 heteroatoms. The van der Waals surface area contributed by atoms with E-state index in [1.54, 1.807) is 13.4 Å². The molecule has 23 heavy (non-hydrogen) atoms. The van der Waals surface area contributed by atoms with Crippen molar-refractivity contribution in [2.75, 3.05) is 26.8 Å². The standard InChI is InChI=1S/C17H27N3O2.HI/c1-13(2)11-19-17(18-9-8-15-5-4-10-22-15)20-16(12-21-3)14-6-7-14;/h4-5,10,14,16H,1,6-9,11-12H2,2-3H3,(H2,18,19,20);1H. The van der Waals surface area contributed by atoms with Crippen molar-refractivity contribution in [3.8, 4) is 0 Å².